The first-order valence-corrected chi connectivity index (χ1v) is 10.5. The molecule has 0 aliphatic carbocycles. The van der Waals surface area contributed by atoms with Crippen LogP contribution < -0.4 is 10.6 Å². The van der Waals surface area contributed by atoms with Gasteiger partial charge in [-0.2, -0.15) is 11.8 Å². The summed E-state index contributed by atoms with van der Waals surface area (Å²) in [7, 11) is 1.97. The number of guanidine groups is 1. The summed E-state index contributed by atoms with van der Waals surface area (Å²) in [5, 5.41) is 15.1. The van der Waals surface area contributed by atoms with Crippen LogP contribution in [0.4, 0.5) is 0 Å². The van der Waals surface area contributed by atoms with Crippen LogP contribution in [0, 0.1) is 6.92 Å². The van der Waals surface area contributed by atoms with Crippen molar-refractivity contribution in [1.82, 2.24) is 25.4 Å². The molecule has 0 saturated carbocycles. The van der Waals surface area contributed by atoms with Crippen LogP contribution in [0.15, 0.2) is 35.3 Å². The van der Waals surface area contributed by atoms with E-state index in [-0.39, 0.29) is 0 Å². The molecule has 0 atom stereocenters. The fourth-order valence-corrected chi connectivity index (χ4v) is 2.91. The molecule has 7 heteroatoms. The number of thioether (sulfide) groups is 1. The molecule has 0 aliphatic rings. The first-order chi connectivity index (χ1) is 12.7. The van der Waals surface area contributed by atoms with Gasteiger partial charge < -0.3 is 15.2 Å². The van der Waals surface area contributed by atoms with E-state index in [4.69, 9.17) is 0 Å². The van der Waals surface area contributed by atoms with Crippen LogP contribution in [0.3, 0.4) is 0 Å². The molecule has 2 rings (SSSR count). The first kappa shape index (κ1) is 20.3. The topological polar surface area (TPSA) is 67.1 Å². The normalized spacial score (nSPS) is 11.6. The van der Waals surface area contributed by atoms with Gasteiger partial charge in [0.25, 0.3) is 0 Å². The van der Waals surface area contributed by atoms with Gasteiger partial charge in [0.05, 0.1) is 0 Å². The van der Waals surface area contributed by atoms with E-state index in [0.29, 0.717) is 6.54 Å². The average Bonchev–Trinajstić information content (AvgIpc) is 2.98. The summed E-state index contributed by atoms with van der Waals surface area (Å²) in [6, 6.07) is 10.6. The Balaban J connectivity index is 1.83. The number of benzene rings is 1. The van der Waals surface area contributed by atoms with Crippen LogP contribution in [0.5, 0.6) is 0 Å². The number of nitrogens with zero attached hydrogens (tertiary/aromatic N) is 4. The number of aryl methyl sites for hydroxylation is 2. The molecule has 26 heavy (non-hydrogen) atoms. The van der Waals surface area contributed by atoms with Crippen LogP contribution >= 0.6 is 11.8 Å². The zero-order valence-electron chi connectivity index (χ0n) is 16.0. The van der Waals surface area contributed by atoms with E-state index >= 15 is 0 Å². The molecule has 1 aromatic carbocycles. The lowest BCUT2D eigenvalue weighted by atomic mass is 10.1. The second-order valence-electron chi connectivity index (χ2n) is 6.18. The molecule has 0 bridgehead atoms. The monoisotopic (exact) mass is 374 g/mol. The third kappa shape index (κ3) is 7.07. The Hall–Kier alpha value is -2.02. The smallest absolute Gasteiger partial charge is 0.191 e. The molecule has 0 amide bonds. The lowest BCUT2D eigenvalue weighted by Gasteiger charge is -2.12. The maximum atomic E-state index is 4.67. The van der Waals surface area contributed by atoms with E-state index in [0.717, 1.165) is 55.7 Å². The summed E-state index contributed by atoms with van der Waals surface area (Å²) in [5.74, 6) is 3.77. The van der Waals surface area contributed by atoms with Crippen LogP contribution in [0.2, 0.25) is 0 Å². The Morgan fingerprint density at radius 3 is 2.50 bits per heavy atom. The number of aliphatic imine (C=N–C) groups is 1. The molecule has 6 nitrogen and oxygen atoms in total. The maximum absolute atomic E-state index is 4.67. The van der Waals surface area contributed by atoms with E-state index in [2.05, 4.69) is 62.4 Å². The van der Waals surface area contributed by atoms with Crippen molar-refractivity contribution in [3.05, 3.63) is 47.5 Å². The highest BCUT2D eigenvalue weighted by Crippen LogP contribution is 2.02. The summed E-state index contributed by atoms with van der Waals surface area (Å²) in [6.45, 7) is 4.28. The van der Waals surface area contributed by atoms with Crippen molar-refractivity contribution in [2.45, 2.75) is 32.7 Å². The van der Waals surface area contributed by atoms with Crippen molar-refractivity contribution < 1.29 is 0 Å². The number of hydrogen-bond acceptors (Lipinski definition) is 4. The summed E-state index contributed by atoms with van der Waals surface area (Å²) < 4.78 is 1.98. The molecule has 0 spiro atoms. The molecule has 0 saturated heterocycles. The molecule has 0 fully saturated rings. The van der Waals surface area contributed by atoms with Gasteiger partial charge in [-0.3, -0.25) is 0 Å². The Bertz CT molecular complexity index is 668. The SMILES string of the molecule is CSCCCNC(=NCc1nnc(C)n1C)NCCCc1ccccc1. The van der Waals surface area contributed by atoms with Crippen molar-refractivity contribution in [2.75, 3.05) is 25.1 Å². The van der Waals surface area contributed by atoms with Gasteiger partial charge in [0, 0.05) is 20.1 Å². The minimum atomic E-state index is 0.522. The number of nitrogens with one attached hydrogen (secondary N) is 2. The van der Waals surface area contributed by atoms with Gasteiger partial charge in [-0.25, -0.2) is 4.99 Å². The summed E-state index contributed by atoms with van der Waals surface area (Å²) in [5.41, 5.74) is 1.37. The highest BCUT2D eigenvalue weighted by atomic mass is 32.2. The first-order valence-electron chi connectivity index (χ1n) is 9.10. The lowest BCUT2D eigenvalue weighted by molar-refractivity contribution is 0.720. The molecule has 1 aromatic heterocycles. The molecule has 1 heterocycles. The minimum absolute atomic E-state index is 0.522. The van der Waals surface area contributed by atoms with Crippen molar-refractivity contribution >= 4 is 17.7 Å². The Kier molecular flexibility index (Phi) is 9.03. The third-order valence-electron chi connectivity index (χ3n) is 4.16. The molecule has 0 unspecified atom stereocenters. The average molecular weight is 375 g/mol. The largest absolute Gasteiger partial charge is 0.356 e. The van der Waals surface area contributed by atoms with E-state index in [1.807, 2.05) is 30.3 Å². The number of rotatable bonds is 10. The Labute approximate surface area is 160 Å². The zero-order chi connectivity index (χ0) is 18.6. The fourth-order valence-electron chi connectivity index (χ4n) is 2.48. The van der Waals surface area contributed by atoms with E-state index < -0.39 is 0 Å². The fraction of sp³-hybridized carbons (Fsp3) is 0.526. The van der Waals surface area contributed by atoms with Gasteiger partial charge in [-0.05, 0) is 43.8 Å². The molecule has 0 aliphatic heterocycles. The summed E-state index contributed by atoms with van der Waals surface area (Å²) in [6.07, 6.45) is 5.39. The predicted octanol–water partition coefficient (Wildman–Crippen LogP) is 2.54. The highest BCUT2D eigenvalue weighted by molar-refractivity contribution is 7.98. The second kappa shape index (κ2) is 11.6. The van der Waals surface area contributed by atoms with E-state index in [9.17, 15) is 0 Å². The highest BCUT2D eigenvalue weighted by Gasteiger charge is 2.05. The number of aromatic nitrogens is 3. The minimum Gasteiger partial charge on any atom is -0.356 e. The van der Waals surface area contributed by atoms with Crippen LogP contribution in [0.25, 0.3) is 0 Å². The van der Waals surface area contributed by atoms with Gasteiger partial charge in [-0.1, -0.05) is 30.3 Å². The lowest BCUT2D eigenvalue weighted by Crippen LogP contribution is -2.38. The molecule has 142 valence electrons. The standard InChI is InChI=1S/C19H30N6S/c1-16-23-24-18(25(16)2)15-22-19(21-13-8-14-26-3)20-12-7-11-17-9-5-4-6-10-17/h4-6,9-10H,7-8,11-15H2,1-3H3,(H2,20,21,22). The molecule has 0 radical (unpaired) electrons. The van der Waals surface area contributed by atoms with Crippen LogP contribution in [0.1, 0.15) is 30.1 Å². The molecule has 2 N–H and O–H groups in total. The second-order valence-corrected chi connectivity index (χ2v) is 7.16. The van der Waals surface area contributed by atoms with Crippen molar-refractivity contribution in [3.63, 3.8) is 0 Å². The third-order valence-corrected chi connectivity index (χ3v) is 4.85. The van der Waals surface area contributed by atoms with Gasteiger partial charge in [0.2, 0.25) is 0 Å². The van der Waals surface area contributed by atoms with Gasteiger partial charge in [0.15, 0.2) is 11.8 Å². The predicted molar refractivity (Wildman–Crippen MR) is 111 cm³/mol. The maximum Gasteiger partial charge on any atom is 0.191 e. The van der Waals surface area contributed by atoms with Crippen LogP contribution in [-0.2, 0) is 20.0 Å². The van der Waals surface area contributed by atoms with E-state index in [1.54, 1.807) is 0 Å². The molecular weight excluding hydrogens is 344 g/mol. The van der Waals surface area contributed by atoms with E-state index in [1.165, 1.54) is 5.56 Å². The summed E-state index contributed by atoms with van der Waals surface area (Å²) >= 11 is 1.87. The van der Waals surface area contributed by atoms with Gasteiger partial charge >= 0.3 is 0 Å². The van der Waals surface area contributed by atoms with Crippen molar-refractivity contribution in [2.24, 2.45) is 12.0 Å². The molecular formula is C19H30N6S. The van der Waals surface area contributed by atoms with Crippen molar-refractivity contribution in [3.8, 4) is 0 Å². The molecule has 2 aromatic rings. The summed E-state index contributed by atoms with van der Waals surface area (Å²) in [4.78, 5) is 4.67. The van der Waals surface area contributed by atoms with Crippen LogP contribution in [-0.4, -0.2) is 45.8 Å². The zero-order valence-corrected chi connectivity index (χ0v) is 16.9. The van der Waals surface area contributed by atoms with Crippen molar-refractivity contribution in [1.29, 1.82) is 0 Å². The number of hydrogen-bond donors (Lipinski definition) is 2. The van der Waals surface area contributed by atoms with Gasteiger partial charge in [-0.15, -0.1) is 10.2 Å². The quantitative estimate of drug-likeness (QED) is 0.380. The van der Waals surface area contributed by atoms with Gasteiger partial charge in [0.1, 0.15) is 12.4 Å². The Morgan fingerprint density at radius 1 is 1.12 bits per heavy atom. The Morgan fingerprint density at radius 2 is 1.85 bits per heavy atom.